The van der Waals surface area contributed by atoms with Crippen LogP contribution in [0.5, 0.6) is 0 Å². The summed E-state index contributed by atoms with van der Waals surface area (Å²) < 4.78 is 0. The van der Waals surface area contributed by atoms with Crippen molar-refractivity contribution in [2.24, 2.45) is 0 Å². The van der Waals surface area contributed by atoms with E-state index in [9.17, 15) is 9.59 Å². The van der Waals surface area contributed by atoms with Gasteiger partial charge in [0.1, 0.15) is 0 Å². The predicted octanol–water partition coefficient (Wildman–Crippen LogP) is 5.68. The number of hydrogen-bond acceptors (Lipinski definition) is 3. The first kappa shape index (κ1) is 23.4. The molecule has 0 heterocycles. The van der Waals surface area contributed by atoms with Gasteiger partial charge in [-0.25, -0.2) is 4.79 Å². The molecule has 6 nitrogen and oxygen atoms in total. The normalized spacial score (nSPS) is 10.4. The lowest BCUT2D eigenvalue weighted by atomic mass is 10.1. The van der Waals surface area contributed by atoms with Crippen molar-refractivity contribution in [3.63, 3.8) is 0 Å². The van der Waals surface area contributed by atoms with Crippen LogP contribution in [0, 0.1) is 0 Å². The topological polar surface area (TPSA) is 73.5 Å². The molecule has 0 spiro atoms. The van der Waals surface area contributed by atoms with E-state index in [1.54, 1.807) is 36.4 Å². The van der Waals surface area contributed by atoms with E-state index in [1.807, 2.05) is 49.3 Å². The van der Waals surface area contributed by atoms with Crippen LogP contribution in [0.4, 0.5) is 21.9 Å². The first-order valence-corrected chi connectivity index (χ1v) is 10.8. The van der Waals surface area contributed by atoms with E-state index in [2.05, 4.69) is 16.0 Å². The summed E-state index contributed by atoms with van der Waals surface area (Å²) in [4.78, 5) is 27.2. The van der Waals surface area contributed by atoms with Crippen LogP contribution in [0.15, 0.2) is 66.7 Å². The van der Waals surface area contributed by atoms with Gasteiger partial charge in [0, 0.05) is 32.0 Å². The van der Waals surface area contributed by atoms with Crippen molar-refractivity contribution >= 4 is 52.2 Å². The highest BCUT2D eigenvalue weighted by Crippen LogP contribution is 2.30. The van der Waals surface area contributed by atoms with Crippen LogP contribution < -0.4 is 20.9 Å². The molecule has 0 aliphatic heterocycles. The van der Waals surface area contributed by atoms with Gasteiger partial charge < -0.3 is 20.9 Å². The highest BCUT2D eigenvalue weighted by molar-refractivity contribution is 6.44. The number of rotatable bonds is 7. The third-order valence-corrected chi connectivity index (χ3v) is 5.54. The van der Waals surface area contributed by atoms with E-state index in [0.717, 1.165) is 17.7 Å². The molecular formula is C24H24Cl2N4O2. The summed E-state index contributed by atoms with van der Waals surface area (Å²) in [6.07, 6.45) is 0.727. The summed E-state index contributed by atoms with van der Waals surface area (Å²) in [5.74, 6) is -0.216. The number of nitrogens with one attached hydrogen (secondary N) is 3. The number of benzene rings is 3. The summed E-state index contributed by atoms with van der Waals surface area (Å²) in [5, 5.41) is 8.94. The zero-order valence-corrected chi connectivity index (χ0v) is 19.3. The van der Waals surface area contributed by atoms with Gasteiger partial charge in [0.2, 0.25) is 0 Å². The van der Waals surface area contributed by atoms with E-state index in [-0.39, 0.29) is 10.9 Å². The van der Waals surface area contributed by atoms with E-state index in [4.69, 9.17) is 23.2 Å². The Morgan fingerprint density at radius 2 is 1.66 bits per heavy atom. The number of urea groups is 1. The van der Waals surface area contributed by atoms with Crippen molar-refractivity contribution < 1.29 is 9.59 Å². The van der Waals surface area contributed by atoms with Gasteiger partial charge in [-0.3, -0.25) is 4.79 Å². The van der Waals surface area contributed by atoms with Crippen molar-refractivity contribution in [2.45, 2.75) is 6.42 Å². The molecule has 3 N–H and O–H groups in total. The molecule has 0 saturated heterocycles. The molecule has 166 valence electrons. The highest BCUT2D eigenvalue weighted by Gasteiger charge is 2.15. The van der Waals surface area contributed by atoms with E-state index >= 15 is 0 Å². The maximum atomic E-state index is 12.9. The minimum atomic E-state index is -0.498. The lowest BCUT2D eigenvalue weighted by molar-refractivity contribution is 0.0954. The quantitative estimate of drug-likeness (QED) is 0.416. The third kappa shape index (κ3) is 6.15. The predicted molar refractivity (Wildman–Crippen MR) is 132 cm³/mol. The van der Waals surface area contributed by atoms with Gasteiger partial charge >= 0.3 is 6.03 Å². The molecule has 0 radical (unpaired) electrons. The molecule has 3 rings (SSSR count). The molecule has 0 fully saturated rings. The minimum Gasteiger partial charge on any atom is -0.377 e. The monoisotopic (exact) mass is 470 g/mol. The lowest BCUT2D eigenvalue weighted by Gasteiger charge is -2.19. The highest BCUT2D eigenvalue weighted by atomic mass is 35.5. The first-order valence-electron chi connectivity index (χ1n) is 10.0. The number of halogens is 2. The number of hydrogen-bond donors (Lipinski definition) is 3. The number of anilines is 3. The molecule has 0 bridgehead atoms. The van der Waals surface area contributed by atoms with Crippen LogP contribution >= 0.6 is 23.2 Å². The van der Waals surface area contributed by atoms with Crippen molar-refractivity contribution in [3.05, 3.63) is 87.9 Å². The maximum Gasteiger partial charge on any atom is 0.323 e. The zero-order chi connectivity index (χ0) is 23.1. The Hall–Kier alpha value is -3.22. The molecule has 3 aromatic rings. The number of carbonyl (C=O) groups excluding carboxylic acids is 2. The molecule has 0 saturated carbocycles. The molecule has 0 aliphatic rings. The molecule has 0 aromatic heterocycles. The fourth-order valence-electron chi connectivity index (χ4n) is 3.13. The molecule has 0 aliphatic carbocycles. The lowest BCUT2D eigenvalue weighted by Crippen LogP contribution is -2.28. The third-order valence-electron chi connectivity index (χ3n) is 4.72. The Balaban J connectivity index is 1.69. The molecule has 3 amide bonds. The van der Waals surface area contributed by atoms with Crippen molar-refractivity contribution in [2.75, 3.05) is 36.2 Å². The van der Waals surface area contributed by atoms with E-state index < -0.39 is 6.03 Å². The van der Waals surface area contributed by atoms with Crippen LogP contribution in [0.3, 0.4) is 0 Å². The van der Waals surface area contributed by atoms with Crippen molar-refractivity contribution in [1.29, 1.82) is 0 Å². The van der Waals surface area contributed by atoms with Gasteiger partial charge in [-0.05, 0) is 42.3 Å². The summed E-state index contributed by atoms with van der Waals surface area (Å²) in [5.41, 5.74) is 3.21. The Bertz CT molecular complexity index is 1100. The Kier molecular flexibility index (Phi) is 7.98. The summed E-state index contributed by atoms with van der Waals surface area (Å²) in [7, 11) is 3.72. The number of amides is 3. The fourth-order valence-corrected chi connectivity index (χ4v) is 3.48. The summed E-state index contributed by atoms with van der Waals surface area (Å²) in [6.45, 7) is 0.501. The van der Waals surface area contributed by atoms with Crippen LogP contribution in [0.1, 0.15) is 15.9 Å². The molecule has 3 aromatic carbocycles. The van der Waals surface area contributed by atoms with Gasteiger partial charge in [0.15, 0.2) is 0 Å². The van der Waals surface area contributed by atoms with Crippen LogP contribution in [0.2, 0.25) is 10.0 Å². The maximum absolute atomic E-state index is 12.9. The largest absolute Gasteiger partial charge is 0.377 e. The average molecular weight is 471 g/mol. The average Bonchev–Trinajstić information content (AvgIpc) is 2.77. The Morgan fingerprint density at radius 3 is 2.38 bits per heavy atom. The van der Waals surface area contributed by atoms with Crippen LogP contribution in [0.25, 0.3) is 0 Å². The van der Waals surface area contributed by atoms with Crippen LogP contribution in [-0.4, -0.2) is 32.6 Å². The van der Waals surface area contributed by atoms with Crippen molar-refractivity contribution in [1.82, 2.24) is 5.32 Å². The number of carbonyl (C=O) groups is 2. The van der Waals surface area contributed by atoms with Gasteiger partial charge in [-0.1, -0.05) is 59.6 Å². The molecule has 32 heavy (non-hydrogen) atoms. The molecule has 0 atom stereocenters. The fraction of sp³-hybridized carbons (Fsp3) is 0.167. The summed E-state index contributed by atoms with van der Waals surface area (Å²) >= 11 is 12.1. The molecule has 8 heteroatoms. The Labute approximate surface area is 197 Å². The van der Waals surface area contributed by atoms with Gasteiger partial charge in [-0.2, -0.15) is 0 Å². The van der Waals surface area contributed by atoms with Gasteiger partial charge in [0.05, 0.1) is 21.3 Å². The Morgan fingerprint density at radius 1 is 0.906 bits per heavy atom. The second kappa shape index (κ2) is 10.9. The zero-order valence-electron chi connectivity index (χ0n) is 17.8. The van der Waals surface area contributed by atoms with E-state index in [0.29, 0.717) is 28.5 Å². The minimum absolute atomic E-state index is 0.216. The number of nitrogens with zero attached hydrogens (tertiary/aromatic N) is 1. The first-order chi connectivity index (χ1) is 15.3. The smallest absolute Gasteiger partial charge is 0.323 e. The second-order valence-electron chi connectivity index (χ2n) is 7.30. The molecule has 0 unspecified atom stereocenters. The second-order valence-corrected chi connectivity index (χ2v) is 8.08. The van der Waals surface area contributed by atoms with Crippen LogP contribution in [-0.2, 0) is 6.42 Å². The van der Waals surface area contributed by atoms with Crippen molar-refractivity contribution in [3.8, 4) is 0 Å². The standard InChI is InChI=1S/C24H24Cl2N4O2/c1-30(2)21-12-11-17(28-24(32)29-20-10-6-9-19(25)22(20)26)15-18(21)23(31)27-14-13-16-7-4-3-5-8-16/h3-12,15H,13-14H2,1-2H3,(H,27,31)(H2,28,29,32). The van der Waals surface area contributed by atoms with Gasteiger partial charge in [-0.15, -0.1) is 0 Å². The SMILES string of the molecule is CN(C)c1ccc(NC(=O)Nc2cccc(Cl)c2Cl)cc1C(=O)NCCc1ccccc1. The van der Waals surface area contributed by atoms with Gasteiger partial charge in [0.25, 0.3) is 5.91 Å². The van der Waals surface area contributed by atoms with E-state index in [1.165, 1.54) is 0 Å². The summed E-state index contributed by atoms with van der Waals surface area (Å²) in [6, 6.07) is 19.6. The molecular weight excluding hydrogens is 447 g/mol.